The minimum atomic E-state index is -1.82. The number of carbonyl (C=O) groups excluding carboxylic acids is 2. The fourth-order valence-corrected chi connectivity index (χ4v) is 7.09. The van der Waals surface area contributed by atoms with Gasteiger partial charge < -0.3 is 37.9 Å². The zero-order chi connectivity index (χ0) is 37.5. The molecule has 2 saturated heterocycles. The molecule has 4 aromatic rings. The first-order valence-electron chi connectivity index (χ1n) is 16.3. The van der Waals surface area contributed by atoms with E-state index in [0.29, 0.717) is 11.1 Å². The molecule has 0 saturated carbocycles. The number of esters is 2. The highest BCUT2D eigenvalue weighted by molar-refractivity contribution is 5.90. The van der Waals surface area contributed by atoms with Crippen LogP contribution in [0.1, 0.15) is 31.8 Å². The summed E-state index contributed by atoms with van der Waals surface area (Å²) in [4.78, 5) is 47.9. The van der Waals surface area contributed by atoms with Gasteiger partial charge in [0.15, 0.2) is 12.4 Å². The predicted molar refractivity (Wildman–Crippen MR) is 180 cm³/mol. The molecule has 53 heavy (non-hydrogen) atoms. The first kappa shape index (κ1) is 35.8. The number of nitrogens with zero attached hydrogens (tertiary/aromatic N) is 2. The third-order valence-electron chi connectivity index (χ3n) is 9.54. The molecule has 274 valence electrons. The Morgan fingerprint density at radius 2 is 1.15 bits per heavy atom. The summed E-state index contributed by atoms with van der Waals surface area (Å²) in [5.41, 5.74) is 2.26. The van der Waals surface area contributed by atoms with Crippen LogP contribution in [0.2, 0.25) is 0 Å². The summed E-state index contributed by atoms with van der Waals surface area (Å²) in [5.74, 6) is -5.29. The lowest BCUT2D eigenvalue weighted by Gasteiger charge is -2.60. The van der Waals surface area contributed by atoms with Crippen molar-refractivity contribution in [2.75, 3.05) is 27.9 Å². The molecule has 3 aliphatic rings. The summed E-state index contributed by atoms with van der Waals surface area (Å²) in [6.45, 7) is -0.429. The number of non-ortho nitro benzene ring substituents is 2. The number of nitro groups is 2. The molecular weight excluding hydrogens is 696 g/mol. The van der Waals surface area contributed by atoms with E-state index in [4.69, 9.17) is 37.9 Å². The Labute approximate surface area is 301 Å². The van der Waals surface area contributed by atoms with Crippen LogP contribution in [0.4, 0.5) is 11.4 Å². The second-order valence-electron chi connectivity index (χ2n) is 12.3. The summed E-state index contributed by atoms with van der Waals surface area (Å²) in [6, 6.07) is 24.5. The van der Waals surface area contributed by atoms with E-state index < -0.39 is 70.7 Å². The van der Waals surface area contributed by atoms with Gasteiger partial charge in [-0.25, -0.2) is 9.59 Å². The SMILES string of the molecule is CO[C@H]1O[C@H](COC(=O)c2ccc([N+](=O)[O-])cc2)[C@H]2O[C@@]3(OC)c4ccccc4-c4ccccc4[C@]3(OC)O[C@@H]2[C@@H]1OC(=O)c1ccc([N+](=O)[O-])cc1. The Hall–Kier alpha value is -5.62. The molecule has 16 heteroatoms. The van der Waals surface area contributed by atoms with E-state index in [1.54, 1.807) is 18.2 Å². The average molecular weight is 729 g/mol. The van der Waals surface area contributed by atoms with Gasteiger partial charge in [-0.2, -0.15) is 0 Å². The van der Waals surface area contributed by atoms with E-state index in [1.165, 1.54) is 69.9 Å². The van der Waals surface area contributed by atoms with Crippen molar-refractivity contribution < 1.29 is 57.3 Å². The highest BCUT2D eigenvalue weighted by atomic mass is 16.8. The molecular formula is C37H32N2O14. The third kappa shape index (κ3) is 5.90. The summed E-state index contributed by atoms with van der Waals surface area (Å²) in [5, 5.41) is 22.3. The standard InChI is InChI=1S/C37H32N2O14/c1-46-35-32(51-34(41)22-14-18-24(19-15-22)39(44)45)31-30(29(50-35)20-49-33(40)21-12-16-23(17-13-21)38(42)43)52-36(47-2)27-10-6-4-8-25(27)26-9-5-7-11-28(26)37(36,48-3)53-31/h4-19,29-32,35H,20H2,1-3H3/t29-,30-,31+,32+,35+,36+,37+/m1/s1. The van der Waals surface area contributed by atoms with Gasteiger partial charge in [0.2, 0.25) is 0 Å². The molecule has 0 unspecified atom stereocenters. The maximum absolute atomic E-state index is 13.6. The van der Waals surface area contributed by atoms with Gasteiger partial charge in [0, 0.05) is 56.7 Å². The first-order chi connectivity index (χ1) is 25.6. The van der Waals surface area contributed by atoms with E-state index in [-0.39, 0.29) is 22.5 Å². The van der Waals surface area contributed by atoms with Crippen molar-refractivity contribution in [1.82, 2.24) is 0 Å². The third-order valence-corrected chi connectivity index (χ3v) is 9.54. The zero-order valence-corrected chi connectivity index (χ0v) is 28.4. The van der Waals surface area contributed by atoms with Crippen LogP contribution < -0.4 is 0 Å². The summed E-state index contributed by atoms with van der Waals surface area (Å²) in [7, 11) is 4.18. The highest BCUT2D eigenvalue weighted by Crippen LogP contribution is 2.60. The minimum Gasteiger partial charge on any atom is -0.459 e. The van der Waals surface area contributed by atoms with Gasteiger partial charge in [0.25, 0.3) is 22.9 Å². The van der Waals surface area contributed by atoms with Gasteiger partial charge in [-0.1, -0.05) is 48.5 Å². The molecule has 1 aliphatic carbocycles. The number of hydrogen-bond acceptors (Lipinski definition) is 14. The summed E-state index contributed by atoms with van der Waals surface area (Å²) < 4.78 is 50.1. The van der Waals surface area contributed by atoms with Crippen molar-refractivity contribution in [2.24, 2.45) is 0 Å². The van der Waals surface area contributed by atoms with Crippen molar-refractivity contribution in [3.05, 3.63) is 140 Å². The molecule has 0 radical (unpaired) electrons. The minimum absolute atomic E-state index is 0.00233. The zero-order valence-electron chi connectivity index (χ0n) is 28.4. The second-order valence-corrected chi connectivity index (χ2v) is 12.3. The Balaban J connectivity index is 1.29. The van der Waals surface area contributed by atoms with E-state index in [0.717, 1.165) is 11.1 Å². The molecule has 16 nitrogen and oxygen atoms in total. The largest absolute Gasteiger partial charge is 0.459 e. The fourth-order valence-electron chi connectivity index (χ4n) is 7.09. The van der Waals surface area contributed by atoms with Crippen molar-refractivity contribution >= 4 is 23.3 Å². The smallest absolute Gasteiger partial charge is 0.338 e. The number of ether oxygens (including phenoxy) is 8. The molecule has 2 aliphatic heterocycles. The molecule has 0 N–H and O–H groups in total. The second kappa shape index (κ2) is 14.1. The first-order valence-corrected chi connectivity index (χ1v) is 16.3. The number of rotatable bonds is 10. The van der Waals surface area contributed by atoms with Crippen LogP contribution >= 0.6 is 0 Å². The van der Waals surface area contributed by atoms with E-state index in [1.807, 2.05) is 30.3 Å². The Morgan fingerprint density at radius 3 is 1.62 bits per heavy atom. The average Bonchev–Trinajstić information content (AvgIpc) is 3.19. The molecule has 0 amide bonds. The number of hydrogen-bond donors (Lipinski definition) is 0. The molecule has 4 aromatic carbocycles. The summed E-state index contributed by atoms with van der Waals surface area (Å²) >= 11 is 0. The van der Waals surface area contributed by atoms with E-state index >= 15 is 0 Å². The number of methoxy groups -OCH3 is 3. The number of nitro benzene ring substituents is 2. The van der Waals surface area contributed by atoms with Crippen LogP contribution in [0.15, 0.2) is 97.1 Å². The van der Waals surface area contributed by atoms with Crippen LogP contribution in [-0.4, -0.2) is 80.4 Å². The quantitative estimate of drug-likeness (QED) is 0.120. The Kier molecular flexibility index (Phi) is 9.50. The van der Waals surface area contributed by atoms with Crippen LogP contribution in [0.3, 0.4) is 0 Å². The molecule has 2 heterocycles. The monoisotopic (exact) mass is 728 g/mol. The number of benzene rings is 4. The fraction of sp³-hybridized carbons (Fsp3) is 0.297. The topological polar surface area (TPSA) is 194 Å². The molecule has 0 bridgehead atoms. The van der Waals surface area contributed by atoms with Gasteiger partial charge in [0.05, 0.1) is 21.0 Å². The number of fused-ring (bicyclic) bond motifs is 7. The Morgan fingerprint density at radius 1 is 0.679 bits per heavy atom. The predicted octanol–water partition coefficient (Wildman–Crippen LogP) is 5.02. The van der Waals surface area contributed by atoms with E-state index in [9.17, 15) is 29.8 Å². The van der Waals surface area contributed by atoms with Gasteiger partial charge in [-0.05, 0) is 35.4 Å². The van der Waals surface area contributed by atoms with Crippen LogP contribution in [0.5, 0.6) is 0 Å². The van der Waals surface area contributed by atoms with Gasteiger partial charge in [0.1, 0.15) is 24.9 Å². The maximum atomic E-state index is 13.6. The normalized spacial score (nSPS) is 26.9. The van der Waals surface area contributed by atoms with E-state index in [2.05, 4.69) is 0 Å². The molecule has 0 spiro atoms. The lowest BCUT2D eigenvalue weighted by molar-refractivity contribution is -0.504. The summed E-state index contributed by atoms with van der Waals surface area (Å²) in [6.07, 6.45) is -6.23. The van der Waals surface area contributed by atoms with Crippen LogP contribution in [-0.2, 0) is 49.5 Å². The highest BCUT2D eigenvalue weighted by Gasteiger charge is 2.71. The molecule has 7 rings (SSSR count). The lowest BCUT2D eigenvalue weighted by atomic mass is 9.75. The van der Waals surface area contributed by atoms with Crippen molar-refractivity contribution in [3.63, 3.8) is 0 Å². The van der Waals surface area contributed by atoms with Crippen LogP contribution in [0.25, 0.3) is 11.1 Å². The van der Waals surface area contributed by atoms with Crippen LogP contribution in [0, 0.1) is 20.2 Å². The Bertz CT molecular complexity index is 2060. The molecule has 0 aromatic heterocycles. The maximum Gasteiger partial charge on any atom is 0.338 e. The van der Waals surface area contributed by atoms with Crippen molar-refractivity contribution in [1.29, 1.82) is 0 Å². The van der Waals surface area contributed by atoms with Gasteiger partial charge >= 0.3 is 11.9 Å². The lowest BCUT2D eigenvalue weighted by Crippen LogP contribution is -2.73. The molecule has 7 atom stereocenters. The molecule has 2 fully saturated rings. The number of carbonyl (C=O) groups is 2. The van der Waals surface area contributed by atoms with Crippen molar-refractivity contribution in [2.45, 2.75) is 42.3 Å². The van der Waals surface area contributed by atoms with Gasteiger partial charge in [-0.15, -0.1) is 0 Å². The van der Waals surface area contributed by atoms with Crippen molar-refractivity contribution in [3.8, 4) is 11.1 Å². The van der Waals surface area contributed by atoms with Gasteiger partial charge in [-0.3, -0.25) is 20.2 Å².